The van der Waals surface area contributed by atoms with Crippen molar-refractivity contribution in [1.82, 2.24) is 9.97 Å². The van der Waals surface area contributed by atoms with E-state index in [1.807, 2.05) is 6.07 Å². The van der Waals surface area contributed by atoms with Gasteiger partial charge >= 0.3 is 0 Å². The van der Waals surface area contributed by atoms with Crippen molar-refractivity contribution in [3.8, 4) is 0 Å². The normalized spacial score (nSPS) is 22.8. The number of benzene rings is 1. The maximum absolute atomic E-state index is 13.5. The first-order chi connectivity index (χ1) is 10.7. The van der Waals surface area contributed by atoms with Gasteiger partial charge in [-0.3, -0.25) is 4.98 Å². The van der Waals surface area contributed by atoms with Crippen LogP contribution in [0.3, 0.4) is 0 Å². The molecule has 5 heteroatoms. The molecule has 1 saturated heterocycles. The monoisotopic (exact) mass is 298 g/mol. The molecular formula is C17H19FN4. The van der Waals surface area contributed by atoms with Crippen molar-refractivity contribution in [1.29, 1.82) is 0 Å². The van der Waals surface area contributed by atoms with Gasteiger partial charge in [-0.05, 0) is 47.9 Å². The van der Waals surface area contributed by atoms with Gasteiger partial charge in [0, 0.05) is 31.5 Å². The first kappa shape index (κ1) is 13.6. The summed E-state index contributed by atoms with van der Waals surface area (Å²) in [5.74, 6) is 0.757. The summed E-state index contributed by atoms with van der Waals surface area (Å²) in [6.07, 6.45) is 8.10. The molecule has 2 aliphatic rings. The second kappa shape index (κ2) is 5.02. The Morgan fingerprint density at radius 1 is 1.23 bits per heavy atom. The number of nitrogens with two attached hydrogens (primary N) is 1. The number of halogens is 1. The lowest BCUT2D eigenvalue weighted by molar-refractivity contribution is 0.187. The summed E-state index contributed by atoms with van der Waals surface area (Å²) in [4.78, 5) is 10.8. The van der Waals surface area contributed by atoms with Gasteiger partial charge in [0.1, 0.15) is 11.6 Å². The van der Waals surface area contributed by atoms with Crippen LogP contribution in [0.2, 0.25) is 0 Å². The molecule has 2 heterocycles. The van der Waals surface area contributed by atoms with E-state index in [9.17, 15) is 4.39 Å². The molecule has 1 aromatic carbocycles. The third kappa shape index (κ3) is 2.08. The van der Waals surface area contributed by atoms with E-state index in [-0.39, 0.29) is 17.3 Å². The van der Waals surface area contributed by atoms with E-state index >= 15 is 0 Å². The van der Waals surface area contributed by atoms with E-state index in [1.165, 1.54) is 6.07 Å². The predicted octanol–water partition coefficient (Wildman–Crippen LogP) is 2.46. The van der Waals surface area contributed by atoms with Gasteiger partial charge in [0.05, 0.1) is 6.20 Å². The van der Waals surface area contributed by atoms with Crippen LogP contribution in [0.1, 0.15) is 30.0 Å². The number of hydrogen-bond acceptors (Lipinski definition) is 4. The van der Waals surface area contributed by atoms with Crippen molar-refractivity contribution in [2.24, 2.45) is 11.1 Å². The van der Waals surface area contributed by atoms with E-state index in [0.717, 1.165) is 49.3 Å². The number of nitrogens with zero attached hydrogens (tertiary/aromatic N) is 3. The third-order valence-corrected chi connectivity index (χ3v) is 5.28. The Morgan fingerprint density at radius 3 is 2.77 bits per heavy atom. The van der Waals surface area contributed by atoms with Crippen LogP contribution >= 0.6 is 0 Å². The molecule has 4 nitrogen and oxygen atoms in total. The number of hydrogen-bond donors (Lipinski definition) is 1. The first-order valence-corrected chi connectivity index (χ1v) is 7.73. The summed E-state index contributed by atoms with van der Waals surface area (Å²) >= 11 is 0. The van der Waals surface area contributed by atoms with E-state index in [2.05, 4.69) is 14.9 Å². The predicted molar refractivity (Wildman–Crippen MR) is 82.9 cm³/mol. The first-order valence-electron chi connectivity index (χ1n) is 7.73. The molecule has 1 atom stereocenters. The van der Waals surface area contributed by atoms with Crippen LogP contribution in [0.15, 0.2) is 36.8 Å². The highest BCUT2D eigenvalue weighted by Crippen LogP contribution is 2.51. The lowest BCUT2D eigenvalue weighted by atomic mass is 9.73. The molecule has 1 spiro atoms. The fourth-order valence-electron chi connectivity index (χ4n) is 3.97. The summed E-state index contributed by atoms with van der Waals surface area (Å²) in [5, 5.41) is 0. The molecule has 2 N–H and O–H groups in total. The molecule has 0 bridgehead atoms. The summed E-state index contributed by atoms with van der Waals surface area (Å²) in [5.41, 5.74) is 8.79. The van der Waals surface area contributed by atoms with E-state index in [1.54, 1.807) is 24.7 Å². The maximum atomic E-state index is 13.5. The minimum Gasteiger partial charge on any atom is -0.355 e. The number of rotatable bonds is 1. The zero-order valence-electron chi connectivity index (χ0n) is 12.4. The zero-order valence-corrected chi connectivity index (χ0v) is 12.4. The van der Waals surface area contributed by atoms with Crippen LogP contribution in [-0.2, 0) is 6.42 Å². The fourth-order valence-corrected chi connectivity index (χ4v) is 3.97. The van der Waals surface area contributed by atoms with Crippen molar-refractivity contribution in [3.05, 3.63) is 53.7 Å². The van der Waals surface area contributed by atoms with Crippen LogP contribution in [0, 0.1) is 11.2 Å². The van der Waals surface area contributed by atoms with Gasteiger partial charge in [-0.25, -0.2) is 9.37 Å². The SMILES string of the molecule is NC1c2ccc(F)cc2CC12CCN(c1cnccn1)CC2. The van der Waals surface area contributed by atoms with Gasteiger partial charge in [0.15, 0.2) is 0 Å². The molecule has 22 heavy (non-hydrogen) atoms. The minimum atomic E-state index is -0.167. The van der Waals surface area contributed by atoms with E-state index in [0.29, 0.717) is 0 Å². The van der Waals surface area contributed by atoms with E-state index < -0.39 is 0 Å². The topological polar surface area (TPSA) is 55.0 Å². The molecule has 114 valence electrons. The quantitative estimate of drug-likeness (QED) is 0.878. The van der Waals surface area contributed by atoms with Crippen LogP contribution in [-0.4, -0.2) is 23.1 Å². The molecule has 0 amide bonds. The van der Waals surface area contributed by atoms with Gasteiger partial charge in [-0.2, -0.15) is 0 Å². The third-order valence-electron chi connectivity index (χ3n) is 5.28. The van der Waals surface area contributed by atoms with Crippen molar-refractivity contribution in [2.45, 2.75) is 25.3 Å². The second-order valence-corrected chi connectivity index (χ2v) is 6.41. The Kier molecular flexibility index (Phi) is 3.11. The summed E-state index contributed by atoms with van der Waals surface area (Å²) in [6.45, 7) is 1.84. The Balaban J connectivity index is 1.54. The summed E-state index contributed by atoms with van der Waals surface area (Å²) in [6, 6.07) is 5.04. The Morgan fingerprint density at radius 2 is 2.05 bits per heavy atom. The number of aromatic nitrogens is 2. The highest BCUT2D eigenvalue weighted by atomic mass is 19.1. The standard InChI is InChI=1S/C17H19FN4/c18-13-1-2-14-12(9-13)10-17(16(14)19)3-7-22(8-4-17)15-11-20-5-6-21-15/h1-2,5-6,9,11,16H,3-4,7-8,10,19H2. The number of anilines is 1. The van der Waals surface area contributed by atoms with Gasteiger partial charge in [-0.1, -0.05) is 6.07 Å². The zero-order chi connectivity index (χ0) is 15.2. The average Bonchev–Trinajstić information content (AvgIpc) is 2.81. The molecule has 1 aromatic heterocycles. The van der Waals surface area contributed by atoms with E-state index in [4.69, 9.17) is 5.73 Å². The average molecular weight is 298 g/mol. The molecule has 1 fully saturated rings. The number of piperidine rings is 1. The van der Waals surface area contributed by atoms with Gasteiger partial charge < -0.3 is 10.6 Å². The van der Waals surface area contributed by atoms with Crippen LogP contribution < -0.4 is 10.6 Å². The highest BCUT2D eigenvalue weighted by Gasteiger charge is 2.46. The van der Waals surface area contributed by atoms with Gasteiger partial charge in [0.25, 0.3) is 0 Å². The fraction of sp³-hybridized carbons (Fsp3) is 0.412. The molecule has 2 aromatic rings. The number of fused-ring (bicyclic) bond motifs is 1. The molecule has 0 saturated carbocycles. The highest BCUT2D eigenvalue weighted by molar-refractivity contribution is 5.41. The molecule has 1 aliphatic heterocycles. The molecule has 0 radical (unpaired) electrons. The van der Waals surface area contributed by atoms with Crippen molar-refractivity contribution in [2.75, 3.05) is 18.0 Å². The van der Waals surface area contributed by atoms with Crippen LogP contribution in [0.25, 0.3) is 0 Å². The Labute approximate surface area is 129 Å². The van der Waals surface area contributed by atoms with Crippen molar-refractivity contribution in [3.63, 3.8) is 0 Å². The van der Waals surface area contributed by atoms with Crippen LogP contribution in [0.4, 0.5) is 10.2 Å². The maximum Gasteiger partial charge on any atom is 0.147 e. The van der Waals surface area contributed by atoms with Crippen molar-refractivity contribution >= 4 is 5.82 Å². The van der Waals surface area contributed by atoms with Crippen molar-refractivity contribution < 1.29 is 4.39 Å². The van der Waals surface area contributed by atoms with Gasteiger partial charge in [-0.15, -0.1) is 0 Å². The Hall–Kier alpha value is -2.01. The summed E-state index contributed by atoms with van der Waals surface area (Å²) < 4.78 is 13.5. The molecule has 1 aliphatic carbocycles. The summed E-state index contributed by atoms with van der Waals surface area (Å²) in [7, 11) is 0. The Bertz CT molecular complexity index is 680. The van der Waals surface area contributed by atoms with Crippen LogP contribution in [0.5, 0.6) is 0 Å². The van der Waals surface area contributed by atoms with Gasteiger partial charge in [0.2, 0.25) is 0 Å². The lowest BCUT2D eigenvalue weighted by Gasteiger charge is -2.42. The molecular weight excluding hydrogens is 279 g/mol. The molecule has 1 unspecified atom stereocenters. The minimum absolute atomic E-state index is 0.00658. The second-order valence-electron chi connectivity index (χ2n) is 6.41. The molecule has 4 rings (SSSR count). The smallest absolute Gasteiger partial charge is 0.147 e. The lowest BCUT2D eigenvalue weighted by Crippen LogP contribution is -2.44. The largest absolute Gasteiger partial charge is 0.355 e.